The second-order valence-electron chi connectivity index (χ2n) is 3.31. The number of hydrogen-bond acceptors (Lipinski definition) is 6. The highest BCUT2D eigenvalue weighted by Crippen LogP contribution is 2.24. The molecule has 2 rings (SSSR count). The maximum absolute atomic E-state index is 10.7. The zero-order valence-electron chi connectivity index (χ0n) is 8.95. The van der Waals surface area contributed by atoms with E-state index in [2.05, 4.69) is 10.2 Å². The molecule has 0 aliphatic rings. The Kier molecular flexibility index (Phi) is 3.05. The summed E-state index contributed by atoms with van der Waals surface area (Å²) in [5.74, 6) is 5.52. The zero-order chi connectivity index (χ0) is 12.4. The fraction of sp³-hybridized carbons (Fsp3) is 0.222. The van der Waals surface area contributed by atoms with Gasteiger partial charge in [-0.3, -0.25) is 0 Å². The molecule has 0 spiro atoms. The van der Waals surface area contributed by atoms with E-state index in [1.54, 1.807) is 6.92 Å². The number of aromatic nitrogens is 3. The SMILES string of the molecule is Cc1oc(C(=O)O)cc1CSc1nncn1N. The Hall–Kier alpha value is -1.96. The van der Waals surface area contributed by atoms with Crippen molar-refractivity contribution >= 4 is 17.7 Å². The first-order valence-corrected chi connectivity index (χ1v) is 5.67. The second kappa shape index (κ2) is 4.50. The van der Waals surface area contributed by atoms with Gasteiger partial charge < -0.3 is 15.4 Å². The van der Waals surface area contributed by atoms with Crippen molar-refractivity contribution in [1.82, 2.24) is 14.9 Å². The standard InChI is InChI=1S/C9H10N4O3S/c1-5-6(2-7(16-5)8(14)15)3-17-9-12-11-4-13(9)10/h2,4H,3,10H2,1H3,(H,14,15). The fourth-order valence-corrected chi connectivity index (χ4v) is 2.12. The maximum atomic E-state index is 10.7. The minimum atomic E-state index is -1.08. The van der Waals surface area contributed by atoms with E-state index in [0.717, 1.165) is 5.56 Å². The van der Waals surface area contributed by atoms with E-state index in [1.165, 1.54) is 28.8 Å². The monoisotopic (exact) mass is 254 g/mol. The summed E-state index contributed by atoms with van der Waals surface area (Å²) in [5, 5.41) is 16.8. The second-order valence-corrected chi connectivity index (χ2v) is 4.25. The molecular weight excluding hydrogens is 244 g/mol. The summed E-state index contributed by atoms with van der Waals surface area (Å²) in [7, 11) is 0. The number of nitrogen functional groups attached to an aromatic ring is 1. The highest BCUT2D eigenvalue weighted by atomic mass is 32.2. The summed E-state index contributed by atoms with van der Waals surface area (Å²) in [6, 6.07) is 1.50. The molecule has 0 amide bonds. The molecule has 0 atom stereocenters. The first kappa shape index (κ1) is 11.5. The number of carboxylic acids is 1. The van der Waals surface area contributed by atoms with Crippen LogP contribution >= 0.6 is 11.8 Å². The van der Waals surface area contributed by atoms with E-state index < -0.39 is 5.97 Å². The van der Waals surface area contributed by atoms with Crippen LogP contribution in [0.15, 0.2) is 22.0 Å². The van der Waals surface area contributed by atoms with Gasteiger partial charge in [-0.15, -0.1) is 10.2 Å². The van der Waals surface area contributed by atoms with Crippen LogP contribution in [0, 0.1) is 6.92 Å². The van der Waals surface area contributed by atoms with Crippen LogP contribution in [0.3, 0.4) is 0 Å². The largest absolute Gasteiger partial charge is 0.475 e. The maximum Gasteiger partial charge on any atom is 0.371 e. The third-order valence-electron chi connectivity index (χ3n) is 2.13. The summed E-state index contributed by atoms with van der Waals surface area (Å²) in [4.78, 5) is 10.7. The molecule has 0 unspecified atom stereocenters. The van der Waals surface area contributed by atoms with Crippen LogP contribution in [0.5, 0.6) is 0 Å². The Labute approximate surface area is 101 Å². The van der Waals surface area contributed by atoms with Crippen LogP contribution in [0.4, 0.5) is 0 Å². The Bertz CT molecular complexity index is 548. The quantitative estimate of drug-likeness (QED) is 0.616. The zero-order valence-corrected chi connectivity index (χ0v) is 9.77. The van der Waals surface area contributed by atoms with Crippen molar-refractivity contribution in [3.8, 4) is 0 Å². The van der Waals surface area contributed by atoms with Gasteiger partial charge in [-0.2, -0.15) is 0 Å². The number of aryl methyl sites for hydroxylation is 1. The van der Waals surface area contributed by atoms with Gasteiger partial charge in [0.15, 0.2) is 0 Å². The average Bonchev–Trinajstić information content (AvgIpc) is 2.82. The third-order valence-corrected chi connectivity index (χ3v) is 3.13. The van der Waals surface area contributed by atoms with E-state index in [0.29, 0.717) is 16.7 Å². The number of rotatable bonds is 4. The molecule has 0 aliphatic carbocycles. The Morgan fingerprint density at radius 3 is 3.00 bits per heavy atom. The molecule has 0 bridgehead atoms. The number of thioether (sulfide) groups is 1. The lowest BCUT2D eigenvalue weighted by molar-refractivity contribution is 0.0661. The molecule has 2 aromatic rings. The molecule has 2 aromatic heterocycles. The molecule has 2 heterocycles. The summed E-state index contributed by atoms with van der Waals surface area (Å²) in [6.07, 6.45) is 1.40. The van der Waals surface area contributed by atoms with Crippen LogP contribution < -0.4 is 5.84 Å². The van der Waals surface area contributed by atoms with Gasteiger partial charge in [0.05, 0.1) is 0 Å². The highest BCUT2D eigenvalue weighted by molar-refractivity contribution is 7.98. The number of nitrogens with two attached hydrogens (primary N) is 1. The van der Waals surface area contributed by atoms with E-state index in [4.69, 9.17) is 15.4 Å². The van der Waals surface area contributed by atoms with E-state index in [1.807, 2.05) is 0 Å². The van der Waals surface area contributed by atoms with Crippen molar-refractivity contribution in [2.75, 3.05) is 5.84 Å². The van der Waals surface area contributed by atoms with E-state index >= 15 is 0 Å². The molecular formula is C9H10N4O3S. The number of carboxylic acid groups (broad SMARTS) is 1. The van der Waals surface area contributed by atoms with Crippen LogP contribution in [-0.4, -0.2) is 25.9 Å². The topological polar surface area (TPSA) is 107 Å². The summed E-state index contributed by atoms with van der Waals surface area (Å²) in [6.45, 7) is 1.72. The molecule has 0 radical (unpaired) electrons. The molecule has 0 aliphatic heterocycles. The lowest BCUT2D eigenvalue weighted by atomic mass is 10.3. The lowest BCUT2D eigenvalue weighted by Gasteiger charge is -1.98. The molecule has 0 saturated heterocycles. The van der Waals surface area contributed by atoms with E-state index in [9.17, 15) is 4.79 Å². The van der Waals surface area contributed by atoms with Gasteiger partial charge in [0.1, 0.15) is 12.1 Å². The third kappa shape index (κ3) is 2.41. The summed E-state index contributed by atoms with van der Waals surface area (Å²) >= 11 is 1.36. The minimum absolute atomic E-state index is 0.0627. The van der Waals surface area contributed by atoms with Gasteiger partial charge in [0.25, 0.3) is 0 Å². The molecule has 8 heteroatoms. The predicted octanol–water partition coefficient (Wildman–Crippen LogP) is 0.884. The van der Waals surface area contributed by atoms with Crippen molar-refractivity contribution in [3.63, 3.8) is 0 Å². The molecule has 7 nitrogen and oxygen atoms in total. The predicted molar refractivity (Wildman–Crippen MR) is 60.1 cm³/mol. The van der Waals surface area contributed by atoms with Crippen molar-refractivity contribution in [2.45, 2.75) is 17.8 Å². The number of aromatic carboxylic acids is 1. The number of furan rings is 1. The normalized spacial score (nSPS) is 10.6. The lowest BCUT2D eigenvalue weighted by Crippen LogP contribution is -2.07. The first-order chi connectivity index (χ1) is 8.08. The van der Waals surface area contributed by atoms with Gasteiger partial charge in [-0.05, 0) is 13.0 Å². The van der Waals surface area contributed by atoms with Crippen molar-refractivity contribution < 1.29 is 14.3 Å². The Morgan fingerprint density at radius 1 is 1.71 bits per heavy atom. The van der Waals surface area contributed by atoms with Gasteiger partial charge in [-0.25, -0.2) is 9.47 Å². The molecule has 3 N–H and O–H groups in total. The molecule has 0 saturated carbocycles. The van der Waals surface area contributed by atoms with E-state index in [-0.39, 0.29) is 5.76 Å². The summed E-state index contributed by atoms with van der Waals surface area (Å²) < 4.78 is 6.39. The van der Waals surface area contributed by atoms with Crippen molar-refractivity contribution in [2.24, 2.45) is 0 Å². The minimum Gasteiger partial charge on any atom is -0.475 e. The van der Waals surface area contributed by atoms with Gasteiger partial charge in [0, 0.05) is 11.3 Å². The molecule has 17 heavy (non-hydrogen) atoms. The van der Waals surface area contributed by atoms with Crippen molar-refractivity contribution in [1.29, 1.82) is 0 Å². The first-order valence-electron chi connectivity index (χ1n) is 4.68. The van der Waals surface area contributed by atoms with Crippen LogP contribution in [-0.2, 0) is 5.75 Å². The number of hydrogen-bond donors (Lipinski definition) is 2. The number of nitrogens with zero attached hydrogens (tertiary/aromatic N) is 3. The fourth-order valence-electron chi connectivity index (χ4n) is 1.25. The Balaban J connectivity index is 2.09. The summed E-state index contributed by atoms with van der Waals surface area (Å²) in [5.41, 5.74) is 0.801. The Morgan fingerprint density at radius 2 is 2.47 bits per heavy atom. The highest BCUT2D eigenvalue weighted by Gasteiger charge is 2.14. The van der Waals surface area contributed by atoms with Crippen LogP contribution in [0.2, 0.25) is 0 Å². The number of carbonyl (C=O) groups is 1. The molecule has 0 aromatic carbocycles. The van der Waals surface area contributed by atoms with Crippen LogP contribution in [0.25, 0.3) is 0 Å². The van der Waals surface area contributed by atoms with Gasteiger partial charge in [-0.1, -0.05) is 11.8 Å². The molecule has 0 fully saturated rings. The van der Waals surface area contributed by atoms with Gasteiger partial charge in [0.2, 0.25) is 10.9 Å². The molecule has 90 valence electrons. The smallest absolute Gasteiger partial charge is 0.371 e. The van der Waals surface area contributed by atoms with Crippen LogP contribution in [0.1, 0.15) is 21.9 Å². The van der Waals surface area contributed by atoms with Crippen molar-refractivity contribution in [3.05, 3.63) is 29.5 Å². The van der Waals surface area contributed by atoms with Gasteiger partial charge >= 0.3 is 5.97 Å². The average molecular weight is 254 g/mol.